The lowest BCUT2D eigenvalue weighted by atomic mass is 10.1. The lowest BCUT2D eigenvalue weighted by Crippen LogP contribution is -2.21. The van der Waals surface area contributed by atoms with Crippen molar-refractivity contribution < 1.29 is 9.53 Å². The average Bonchev–Trinajstić information content (AvgIpc) is 2.88. The van der Waals surface area contributed by atoms with E-state index in [0.717, 1.165) is 10.8 Å². The number of carbonyl (C=O) groups excluding carboxylic acids is 1. The van der Waals surface area contributed by atoms with E-state index in [4.69, 9.17) is 4.74 Å². The third-order valence-corrected chi connectivity index (χ3v) is 3.14. The molecule has 0 saturated heterocycles. The molecule has 3 rings (SSSR count). The number of H-pyrrole nitrogens is 1. The highest BCUT2D eigenvalue weighted by molar-refractivity contribution is 5.90. The van der Waals surface area contributed by atoms with E-state index in [1.54, 1.807) is 13.0 Å². The fraction of sp³-hybridized carbons (Fsp3) is 0.133. The van der Waals surface area contributed by atoms with Crippen molar-refractivity contribution in [2.24, 2.45) is 0 Å². The summed E-state index contributed by atoms with van der Waals surface area (Å²) >= 11 is 0. The van der Waals surface area contributed by atoms with Gasteiger partial charge < -0.3 is 4.74 Å². The van der Waals surface area contributed by atoms with Crippen LogP contribution in [0.5, 0.6) is 0 Å². The molecule has 1 N–H and O–H groups in total. The van der Waals surface area contributed by atoms with Crippen LogP contribution in [-0.2, 0) is 4.74 Å². The summed E-state index contributed by atoms with van der Waals surface area (Å²) in [6.07, 6.45) is 0. The van der Waals surface area contributed by atoms with E-state index in [1.165, 1.54) is 4.68 Å². The molecule has 6 nitrogen and oxygen atoms in total. The Labute approximate surface area is 119 Å². The summed E-state index contributed by atoms with van der Waals surface area (Å²) in [6, 6.07) is 13.2. The van der Waals surface area contributed by atoms with Crippen LogP contribution in [0.2, 0.25) is 0 Å². The van der Waals surface area contributed by atoms with Gasteiger partial charge in [0.25, 0.3) is 0 Å². The predicted molar refractivity (Wildman–Crippen MR) is 77.6 cm³/mol. The summed E-state index contributed by atoms with van der Waals surface area (Å²) in [5.74, 6) is -0.724. The summed E-state index contributed by atoms with van der Waals surface area (Å²) in [7, 11) is 0. The molecule has 1 aromatic heterocycles. The molecule has 3 aromatic rings. The molecule has 0 unspecified atom stereocenters. The van der Waals surface area contributed by atoms with E-state index < -0.39 is 11.5 Å². The molecule has 21 heavy (non-hydrogen) atoms. The van der Waals surface area contributed by atoms with Gasteiger partial charge in [0.1, 0.15) is 0 Å². The Morgan fingerprint density at radius 2 is 2.00 bits per heavy atom. The van der Waals surface area contributed by atoms with Crippen LogP contribution in [0, 0.1) is 0 Å². The molecule has 0 spiro atoms. The number of rotatable bonds is 3. The number of benzene rings is 2. The SMILES string of the molecule is CCOC(=O)c1n[nH]n(-c2cccc3ccccc23)c1=O. The maximum atomic E-state index is 12.3. The van der Waals surface area contributed by atoms with Crippen LogP contribution in [0.25, 0.3) is 16.5 Å². The lowest BCUT2D eigenvalue weighted by molar-refractivity contribution is 0.0518. The third kappa shape index (κ3) is 2.20. The minimum Gasteiger partial charge on any atom is -0.461 e. The number of aromatic amines is 1. The minimum atomic E-state index is -0.724. The van der Waals surface area contributed by atoms with Crippen molar-refractivity contribution in [3.63, 3.8) is 0 Å². The number of carbonyl (C=O) groups is 1. The number of esters is 1. The Morgan fingerprint density at radius 3 is 2.81 bits per heavy atom. The van der Waals surface area contributed by atoms with Crippen molar-refractivity contribution in [1.29, 1.82) is 0 Å². The Morgan fingerprint density at radius 1 is 1.24 bits per heavy atom. The van der Waals surface area contributed by atoms with Crippen molar-refractivity contribution in [3.8, 4) is 5.69 Å². The molecule has 0 amide bonds. The van der Waals surface area contributed by atoms with Crippen LogP contribution in [0.3, 0.4) is 0 Å². The van der Waals surface area contributed by atoms with Gasteiger partial charge >= 0.3 is 11.5 Å². The number of fused-ring (bicyclic) bond motifs is 1. The molecule has 0 atom stereocenters. The fourth-order valence-corrected chi connectivity index (χ4v) is 2.20. The Balaban J connectivity index is 2.16. The van der Waals surface area contributed by atoms with E-state index in [-0.39, 0.29) is 12.3 Å². The average molecular weight is 283 g/mol. The zero-order valence-electron chi connectivity index (χ0n) is 11.4. The monoisotopic (exact) mass is 283 g/mol. The molecule has 0 aliphatic carbocycles. The Hall–Kier alpha value is -2.89. The number of nitrogens with one attached hydrogen (secondary N) is 1. The molecular formula is C15H13N3O3. The van der Waals surface area contributed by atoms with Crippen LogP contribution in [0.4, 0.5) is 0 Å². The van der Waals surface area contributed by atoms with E-state index >= 15 is 0 Å². The van der Waals surface area contributed by atoms with Gasteiger partial charge in [-0.25, -0.2) is 14.7 Å². The van der Waals surface area contributed by atoms with E-state index in [9.17, 15) is 9.59 Å². The van der Waals surface area contributed by atoms with Crippen molar-refractivity contribution in [2.75, 3.05) is 6.61 Å². The number of ether oxygens (including phenoxy) is 1. The zero-order chi connectivity index (χ0) is 14.8. The fourth-order valence-electron chi connectivity index (χ4n) is 2.20. The van der Waals surface area contributed by atoms with Crippen molar-refractivity contribution in [3.05, 3.63) is 58.5 Å². The normalized spacial score (nSPS) is 10.7. The van der Waals surface area contributed by atoms with Gasteiger partial charge in [-0.2, -0.15) is 0 Å². The summed E-state index contributed by atoms with van der Waals surface area (Å²) in [6.45, 7) is 1.87. The zero-order valence-corrected chi connectivity index (χ0v) is 11.4. The van der Waals surface area contributed by atoms with Gasteiger partial charge in [0.2, 0.25) is 5.69 Å². The number of aromatic nitrogens is 3. The van der Waals surface area contributed by atoms with Gasteiger partial charge in [0, 0.05) is 5.39 Å². The van der Waals surface area contributed by atoms with E-state index in [2.05, 4.69) is 10.3 Å². The first-order valence-electron chi connectivity index (χ1n) is 6.55. The first-order chi connectivity index (χ1) is 10.2. The summed E-state index contributed by atoms with van der Waals surface area (Å²) in [4.78, 5) is 24.0. The van der Waals surface area contributed by atoms with Gasteiger partial charge in [-0.1, -0.05) is 36.4 Å². The predicted octanol–water partition coefficient (Wildman–Crippen LogP) is 1.89. The highest BCUT2D eigenvalue weighted by Crippen LogP contribution is 2.20. The minimum absolute atomic E-state index is 0.194. The van der Waals surface area contributed by atoms with Gasteiger partial charge in [-0.05, 0) is 18.4 Å². The van der Waals surface area contributed by atoms with Crippen molar-refractivity contribution in [1.82, 2.24) is 15.0 Å². The van der Waals surface area contributed by atoms with E-state index in [0.29, 0.717) is 5.69 Å². The largest absolute Gasteiger partial charge is 0.461 e. The molecule has 2 aromatic carbocycles. The van der Waals surface area contributed by atoms with Crippen LogP contribution in [0.1, 0.15) is 17.4 Å². The number of nitrogens with zero attached hydrogens (tertiary/aromatic N) is 2. The Bertz CT molecular complexity index is 858. The maximum absolute atomic E-state index is 12.3. The Kier molecular flexibility index (Phi) is 3.27. The van der Waals surface area contributed by atoms with Gasteiger partial charge in [-0.3, -0.25) is 4.79 Å². The first kappa shape index (κ1) is 13.1. The van der Waals surface area contributed by atoms with Crippen molar-refractivity contribution in [2.45, 2.75) is 6.92 Å². The second-order valence-corrected chi connectivity index (χ2v) is 4.42. The molecule has 0 aliphatic rings. The molecule has 0 radical (unpaired) electrons. The maximum Gasteiger partial charge on any atom is 0.364 e. The summed E-state index contributed by atoms with van der Waals surface area (Å²) < 4.78 is 6.06. The first-order valence-corrected chi connectivity index (χ1v) is 6.55. The van der Waals surface area contributed by atoms with E-state index in [1.807, 2.05) is 36.4 Å². The number of hydrogen-bond donors (Lipinski definition) is 1. The van der Waals surface area contributed by atoms with Crippen LogP contribution in [-0.4, -0.2) is 27.6 Å². The molecule has 0 aliphatic heterocycles. The quantitative estimate of drug-likeness (QED) is 0.745. The van der Waals surface area contributed by atoms with Gasteiger partial charge in [0.05, 0.1) is 12.3 Å². The standard InChI is InChI=1S/C15H13N3O3/c1-2-21-15(20)13-14(19)18(17-16-13)12-9-5-7-10-6-3-4-8-11(10)12/h3-9,17H,2H2,1H3. The third-order valence-electron chi connectivity index (χ3n) is 3.14. The van der Waals surface area contributed by atoms with Crippen LogP contribution >= 0.6 is 0 Å². The molecule has 0 saturated carbocycles. The van der Waals surface area contributed by atoms with Gasteiger partial charge in [0.15, 0.2) is 0 Å². The van der Waals surface area contributed by atoms with Crippen molar-refractivity contribution >= 4 is 16.7 Å². The molecule has 0 fully saturated rings. The molecule has 1 heterocycles. The second kappa shape index (κ2) is 5.24. The van der Waals surface area contributed by atoms with Gasteiger partial charge in [-0.15, -0.1) is 5.10 Å². The highest BCUT2D eigenvalue weighted by Gasteiger charge is 2.19. The molecular weight excluding hydrogens is 270 g/mol. The van der Waals surface area contributed by atoms with Crippen LogP contribution in [0.15, 0.2) is 47.3 Å². The molecule has 0 bridgehead atoms. The molecule has 106 valence electrons. The smallest absolute Gasteiger partial charge is 0.364 e. The van der Waals surface area contributed by atoms with Crippen LogP contribution < -0.4 is 5.56 Å². The summed E-state index contributed by atoms with van der Waals surface area (Å²) in [5.41, 5.74) is -0.129. The summed E-state index contributed by atoms with van der Waals surface area (Å²) in [5, 5.41) is 8.23. The lowest BCUT2D eigenvalue weighted by Gasteiger charge is -2.05. The number of hydrogen-bond acceptors (Lipinski definition) is 4. The topological polar surface area (TPSA) is 77.0 Å². The second-order valence-electron chi connectivity index (χ2n) is 4.42. The molecule has 6 heteroatoms. The highest BCUT2D eigenvalue weighted by atomic mass is 16.5.